The SMILES string of the molecule is NS(=O)(=O)c1ccc(CNCC(O)CO)o1. The summed E-state index contributed by atoms with van der Waals surface area (Å²) in [5, 5.41) is 24.9. The molecule has 0 aliphatic rings. The van der Waals surface area contributed by atoms with Crippen LogP contribution in [0.15, 0.2) is 21.6 Å². The Kier molecular flexibility index (Phi) is 4.44. The lowest BCUT2D eigenvalue weighted by Crippen LogP contribution is -2.28. The Hall–Kier alpha value is -0.930. The van der Waals surface area contributed by atoms with Crippen molar-refractivity contribution < 1.29 is 23.0 Å². The number of hydrogen-bond donors (Lipinski definition) is 4. The molecule has 1 heterocycles. The highest BCUT2D eigenvalue weighted by atomic mass is 32.2. The second-order valence-electron chi connectivity index (χ2n) is 3.23. The quantitative estimate of drug-likeness (QED) is 0.480. The first-order valence-electron chi connectivity index (χ1n) is 4.54. The maximum absolute atomic E-state index is 10.9. The van der Waals surface area contributed by atoms with E-state index in [-0.39, 0.29) is 24.8 Å². The lowest BCUT2D eigenvalue weighted by atomic mass is 10.3. The minimum absolute atomic E-state index is 0.182. The van der Waals surface area contributed by atoms with Crippen LogP contribution in [0, 0.1) is 0 Å². The van der Waals surface area contributed by atoms with Crippen molar-refractivity contribution in [3.8, 4) is 0 Å². The Morgan fingerprint density at radius 3 is 2.69 bits per heavy atom. The standard InChI is InChI=1S/C8H14N2O5S/c9-16(13,14)8-2-1-7(15-8)4-10-3-6(12)5-11/h1-2,6,10-12H,3-5H2,(H2,9,13,14). The average Bonchev–Trinajstić information content (AvgIpc) is 2.65. The molecule has 0 fully saturated rings. The van der Waals surface area contributed by atoms with Crippen LogP contribution >= 0.6 is 0 Å². The van der Waals surface area contributed by atoms with Gasteiger partial charge in [-0.15, -0.1) is 0 Å². The largest absolute Gasteiger partial charge is 0.447 e. The molecule has 0 radical (unpaired) electrons. The van der Waals surface area contributed by atoms with Crippen LogP contribution in [-0.2, 0) is 16.6 Å². The van der Waals surface area contributed by atoms with Crippen LogP contribution in [0.2, 0.25) is 0 Å². The number of aliphatic hydroxyl groups excluding tert-OH is 2. The van der Waals surface area contributed by atoms with E-state index in [1.54, 1.807) is 0 Å². The van der Waals surface area contributed by atoms with Crippen molar-refractivity contribution in [3.63, 3.8) is 0 Å². The first kappa shape index (κ1) is 13.1. The van der Waals surface area contributed by atoms with Gasteiger partial charge in [0.05, 0.1) is 19.3 Å². The molecule has 0 aliphatic heterocycles. The van der Waals surface area contributed by atoms with Gasteiger partial charge in [0.2, 0.25) is 5.09 Å². The Bertz CT molecular complexity index is 427. The number of sulfonamides is 1. The molecular weight excluding hydrogens is 236 g/mol. The molecule has 0 bridgehead atoms. The highest BCUT2D eigenvalue weighted by Gasteiger charge is 2.13. The molecule has 1 rings (SSSR count). The van der Waals surface area contributed by atoms with Gasteiger partial charge in [-0.2, -0.15) is 0 Å². The molecule has 7 nitrogen and oxygen atoms in total. The van der Waals surface area contributed by atoms with Crippen LogP contribution in [-0.4, -0.2) is 37.9 Å². The van der Waals surface area contributed by atoms with Crippen LogP contribution in [0.5, 0.6) is 0 Å². The second kappa shape index (κ2) is 5.41. The molecule has 0 amide bonds. The van der Waals surface area contributed by atoms with Crippen molar-refractivity contribution in [3.05, 3.63) is 17.9 Å². The van der Waals surface area contributed by atoms with Gasteiger partial charge >= 0.3 is 0 Å². The zero-order chi connectivity index (χ0) is 12.2. The first-order chi connectivity index (χ1) is 7.43. The molecule has 1 atom stereocenters. The summed E-state index contributed by atoms with van der Waals surface area (Å²) in [6, 6.07) is 2.73. The predicted molar refractivity (Wildman–Crippen MR) is 54.9 cm³/mol. The van der Waals surface area contributed by atoms with Crippen molar-refractivity contribution in [1.29, 1.82) is 0 Å². The molecule has 1 aromatic heterocycles. The molecule has 92 valence electrons. The number of hydrogen-bond acceptors (Lipinski definition) is 6. The zero-order valence-electron chi connectivity index (χ0n) is 8.46. The number of furan rings is 1. The fourth-order valence-corrected chi connectivity index (χ4v) is 1.51. The monoisotopic (exact) mass is 250 g/mol. The van der Waals surface area contributed by atoms with E-state index in [0.29, 0.717) is 5.76 Å². The molecule has 1 aromatic rings. The summed E-state index contributed by atoms with van der Waals surface area (Å²) in [4.78, 5) is 0. The molecule has 0 saturated heterocycles. The summed E-state index contributed by atoms with van der Waals surface area (Å²) < 4.78 is 26.7. The molecule has 0 saturated carbocycles. The van der Waals surface area contributed by atoms with E-state index in [0.717, 1.165) is 0 Å². The van der Waals surface area contributed by atoms with E-state index in [2.05, 4.69) is 5.32 Å². The van der Waals surface area contributed by atoms with Crippen LogP contribution in [0.25, 0.3) is 0 Å². The Morgan fingerprint density at radius 2 is 2.19 bits per heavy atom. The van der Waals surface area contributed by atoms with Crippen LogP contribution in [0.4, 0.5) is 0 Å². The summed E-state index contributed by atoms with van der Waals surface area (Å²) in [5.41, 5.74) is 0. The van der Waals surface area contributed by atoms with E-state index in [1.807, 2.05) is 0 Å². The van der Waals surface area contributed by atoms with Gasteiger partial charge in [0.1, 0.15) is 5.76 Å². The second-order valence-corrected chi connectivity index (χ2v) is 4.73. The minimum atomic E-state index is -3.81. The van der Waals surface area contributed by atoms with E-state index < -0.39 is 16.1 Å². The average molecular weight is 250 g/mol. The lowest BCUT2D eigenvalue weighted by molar-refractivity contribution is 0.0937. The summed E-state index contributed by atoms with van der Waals surface area (Å²) >= 11 is 0. The maximum atomic E-state index is 10.9. The van der Waals surface area contributed by atoms with Gasteiger partial charge in [0.15, 0.2) is 0 Å². The van der Waals surface area contributed by atoms with Gasteiger partial charge in [-0.05, 0) is 12.1 Å². The van der Waals surface area contributed by atoms with Crippen molar-refractivity contribution in [1.82, 2.24) is 5.32 Å². The van der Waals surface area contributed by atoms with Gasteiger partial charge in [0.25, 0.3) is 10.0 Å². The fourth-order valence-electron chi connectivity index (χ4n) is 1.03. The highest BCUT2D eigenvalue weighted by molar-refractivity contribution is 7.89. The van der Waals surface area contributed by atoms with Gasteiger partial charge in [-0.25, -0.2) is 13.6 Å². The topological polar surface area (TPSA) is 126 Å². The third kappa shape index (κ3) is 3.91. The number of rotatable bonds is 6. The molecular formula is C8H14N2O5S. The van der Waals surface area contributed by atoms with E-state index in [9.17, 15) is 8.42 Å². The smallest absolute Gasteiger partial charge is 0.271 e. The molecule has 8 heteroatoms. The maximum Gasteiger partial charge on any atom is 0.271 e. The van der Waals surface area contributed by atoms with Gasteiger partial charge in [-0.1, -0.05) is 0 Å². The van der Waals surface area contributed by atoms with Gasteiger partial charge in [0, 0.05) is 6.54 Å². The normalized spacial score (nSPS) is 13.9. The highest BCUT2D eigenvalue weighted by Crippen LogP contribution is 2.11. The molecule has 0 aromatic carbocycles. The third-order valence-electron chi connectivity index (χ3n) is 1.81. The number of primary sulfonamides is 1. The van der Waals surface area contributed by atoms with E-state index in [4.69, 9.17) is 19.8 Å². The summed E-state index contributed by atoms with van der Waals surface area (Å²) in [7, 11) is -3.81. The molecule has 0 spiro atoms. The van der Waals surface area contributed by atoms with Crippen LogP contribution in [0.1, 0.15) is 5.76 Å². The van der Waals surface area contributed by atoms with E-state index >= 15 is 0 Å². The Labute approximate surface area is 92.9 Å². The number of aliphatic hydroxyl groups is 2. The lowest BCUT2D eigenvalue weighted by Gasteiger charge is -2.06. The van der Waals surface area contributed by atoms with Gasteiger partial charge in [-0.3, -0.25) is 0 Å². The number of nitrogens with two attached hydrogens (primary N) is 1. The number of nitrogens with one attached hydrogen (secondary N) is 1. The third-order valence-corrected chi connectivity index (χ3v) is 2.59. The molecule has 1 unspecified atom stereocenters. The minimum Gasteiger partial charge on any atom is -0.447 e. The predicted octanol–water partition coefficient (Wildman–Crippen LogP) is -1.63. The summed E-state index contributed by atoms with van der Waals surface area (Å²) in [6.45, 7) is 0.0854. The van der Waals surface area contributed by atoms with Crippen LogP contribution in [0.3, 0.4) is 0 Å². The summed E-state index contributed by atoms with van der Waals surface area (Å²) in [5.74, 6) is 0.383. The van der Waals surface area contributed by atoms with E-state index in [1.165, 1.54) is 12.1 Å². The van der Waals surface area contributed by atoms with Crippen molar-refractivity contribution in [2.75, 3.05) is 13.2 Å². The van der Waals surface area contributed by atoms with Gasteiger partial charge < -0.3 is 19.9 Å². The fraction of sp³-hybridized carbons (Fsp3) is 0.500. The van der Waals surface area contributed by atoms with Crippen molar-refractivity contribution in [2.45, 2.75) is 17.7 Å². The summed E-state index contributed by atoms with van der Waals surface area (Å²) in [6.07, 6.45) is -0.854. The van der Waals surface area contributed by atoms with Crippen LogP contribution < -0.4 is 10.5 Å². The molecule has 16 heavy (non-hydrogen) atoms. The Morgan fingerprint density at radius 1 is 1.50 bits per heavy atom. The first-order valence-corrected chi connectivity index (χ1v) is 6.09. The van der Waals surface area contributed by atoms with Crippen molar-refractivity contribution in [2.24, 2.45) is 5.14 Å². The molecule has 5 N–H and O–H groups in total. The zero-order valence-corrected chi connectivity index (χ0v) is 9.27. The molecule has 0 aliphatic carbocycles. The Balaban J connectivity index is 2.47. The van der Waals surface area contributed by atoms with Crippen molar-refractivity contribution >= 4 is 10.0 Å².